The van der Waals surface area contributed by atoms with Gasteiger partial charge in [0.2, 0.25) is 0 Å². The summed E-state index contributed by atoms with van der Waals surface area (Å²) in [4.78, 5) is 9.34. The van der Waals surface area contributed by atoms with Crippen LogP contribution in [0.1, 0.15) is 23.7 Å². The summed E-state index contributed by atoms with van der Waals surface area (Å²) in [7, 11) is 0. The number of aromatic nitrogens is 1. The Hall–Kier alpha value is -1.88. The van der Waals surface area contributed by atoms with Gasteiger partial charge in [-0.3, -0.25) is 0 Å². The number of hydrogen-bond donors (Lipinski definition) is 1. The number of hydrogen-bond acceptors (Lipinski definition) is 5. The van der Waals surface area contributed by atoms with Crippen molar-refractivity contribution in [3.05, 3.63) is 40.4 Å². The SMILES string of the molecule is CCON=Cc1csc(Nc2cccc(C)c2C)n1. The van der Waals surface area contributed by atoms with Gasteiger partial charge in [0, 0.05) is 11.1 Å². The van der Waals surface area contributed by atoms with Crippen LogP contribution in [0.25, 0.3) is 0 Å². The summed E-state index contributed by atoms with van der Waals surface area (Å²) in [5.74, 6) is 0. The lowest BCUT2D eigenvalue weighted by Gasteiger charge is -2.08. The van der Waals surface area contributed by atoms with Crippen LogP contribution in [0.15, 0.2) is 28.7 Å². The Morgan fingerprint density at radius 3 is 3.05 bits per heavy atom. The van der Waals surface area contributed by atoms with E-state index in [9.17, 15) is 0 Å². The maximum atomic E-state index is 4.91. The van der Waals surface area contributed by atoms with Gasteiger partial charge in [0.25, 0.3) is 0 Å². The first-order valence-electron chi connectivity index (χ1n) is 6.14. The Morgan fingerprint density at radius 2 is 2.26 bits per heavy atom. The van der Waals surface area contributed by atoms with Crippen LogP contribution in [0.4, 0.5) is 10.8 Å². The van der Waals surface area contributed by atoms with Crippen molar-refractivity contribution in [1.29, 1.82) is 0 Å². The van der Waals surface area contributed by atoms with E-state index in [4.69, 9.17) is 4.84 Å². The van der Waals surface area contributed by atoms with Gasteiger partial charge in [-0.1, -0.05) is 17.3 Å². The fourth-order valence-corrected chi connectivity index (χ4v) is 2.24. The van der Waals surface area contributed by atoms with E-state index in [1.807, 2.05) is 18.4 Å². The van der Waals surface area contributed by atoms with E-state index in [1.165, 1.54) is 11.1 Å². The van der Waals surface area contributed by atoms with Gasteiger partial charge < -0.3 is 10.2 Å². The minimum Gasteiger partial charge on any atom is -0.396 e. The predicted molar refractivity (Wildman–Crippen MR) is 80.5 cm³/mol. The van der Waals surface area contributed by atoms with E-state index in [1.54, 1.807) is 17.6 Å². The zero-order valence-corrected chi connectivity index (χ0v) is 12.1. The molecule has 19 heavy (non-hydrogen) atoms. The number of oxime groups is 1. The second-order valence-corrected chi connectivity index (χ2v) is 4.96. The number of thiazole rings is 1. The van der Waals surface area contributed by atoms with Crippen molar-refractivity contribution in [3.63, 3.8) is 0 Å². The van der Waals surface area contributed by atoms with Gasteiger partial charge in [-0.05, 0) is 38.0 Å². The quantitative estimate of drug-likeness (QED) is 0.665. The predicted octanol–water partition coefficient (Wildman–Crippen LogP) is 3.87. The molecule has 1 aromatic heterocycles. The summed E-state index contributed by atoms with van der Waals surface area (Å²) >= 11 is 1.55. The molecule has 0 saturated heterocycles. The van der Waals surface area contributed by atoms with Crippen LogP contribution in [0.5, 0.6) is 0 Å². The van der Waals surface area contributed by atoms with Crippen LogP contribution >= 0.6 is 11.3 Å². The summed E-state index contributed by atoms with van der Waals surface area (Å²) in [6.07, 6.45) is 1.62. The highest BCUT2D eigenvalue weighted by atomic mass is 32.1. The summed E-state index contributed by atoms with van der Waals surface area (Å²) in [6, 6.07) is 6.19. The van der Waals surface area contributed by atoms with Crippen molar-refractivity contribution >= 4 is 28.4 Å². The van der Waals surface area contributed by atoms with Crippen molar-refractivity contribution in [3.8, 4) is 0 Å². The van der Waals surface area contributed by atoms with Crippen LogP contribution in [-0.2, 0) is 4.84 Å². The zero-order valence-electron chi connectivity index (χ0n) is 11.3. The van der Waals surface area contributed by atoms with E-state index in [2.05, 4.69) is 41.4 Å². The normalized spacial score (nSPS) is 10.9. The average Bonchev–Trinajstić information content (AvgIpc) is 2.83. The lowest BCUT2D eigenvalue weighted by molar-refractivity contribution is 0.160. The summed E-state index contributed by atoms with van der Waals surface area (Å²) in [6.45, 7) is 6.66. The molecule has 0 bridgehead atoms. The lowest BCUT2D eigenvalue weighted by Crippen LogP contribution is -1.94. The second-order valence-electron chi connectivity index (χ2n) is 4.10. The van der Waals surface area contributed by atoms with Gasteiger partial charge in [0.15, 0.2) is 5.13 Å². The molecular formula is C14H17N3OS. The molecule has 0 aliphatic heterocycles. The van der Waals surface area contributed by atoms with Crippen molar-refractivity contribution in [2.45, 2.75) is 20.8 Å². The molecule has 1 aromatic carbocycles. The van der Waals surface area contributed by atoms with Crippen LogP contribution in [0.2, 0.25) is 0 Å². The van der Waals surface area contributed by atoms with E-state index in [-0.39, 0.29) is 0 Å². The van der Waals surface area contributed by atoms with E-state index >= 15 is 0 Å². The van der Waals surface area contributed by atoms with E-state index in [0.717, 1.165) is 16.5 Å². The maximum Gasteiger partial charge on any atom is 0.187 e. The minimum atomic E-state index is 0.564. The smallest absolute Gasteiger partial charge is 0.187 e. The Balaban J connectivity index is 2.09. The number of nitrogens with zero attached hydrogens (tertiary/aromatic N) is 2. The molecule has 0 unspecified atom stereocenters. The zero-order chi connectivity index (χ0) is 13.7. The van der Waals surface area contributed by atoms with Gasteiger partial charge in [-0.15, -0.1) is 11.3 Å². The fourth-order valence-electron chi connectivity index (χ4n) is 1.57. The lowest BCUT2D eigenvalue weighted by atomic mass is 10.1. The Labute approximate surface area is 117 Å². The number of anilines is 2. The molecule has 0 aliphatic rings. The van der Waals surface area contributed by atoms with Gasteiger partial charge in [-0.25, -0.2) is 4.98 Å². The molecule has 2 aromatic rings. The third kappa shape index (κ3) is 3.54. The number of aryl methyl sites for hydroxylation is 1. The Bertz CT molecular complexity index is 578. The highest BCUT2D eigenvalue weighted by Crippen LogP contribution is 2.24. The highest BCUT2D eigenvalue weighted by molar-refractivity contribution is 7.14. The molecule has 0 spiro atoms. The molecule has 0 amide bonds. The fraction of sp³-hybridized carbons (Fsp3) is 0.286. The first-order chi connectivity index (χ1) is 9.20. The second kappa shape index (κ2) is 6.33. The molecule has 100 valence electrons. The minimum absolute atomic E-state index is 0.564. The van der Waals surface area contributed by atoms with Gasteiger partial charge in [0.05, 0.1) is 11.9 Å². The molecule has 1 heterocycles. The van der Waals surface area contributed by atoms with Crippen LogP contribution in [0.3, 0.4) is 0 Å². The van der Waals surface area contributed by atoms with Gasteiger partial charge >= 0.3 is 0 Å². The van der Waals surface area contributed by atoms with E-state index in [0.29, 0.717) is 6.61 Å². The molecule has 0 aliphatic carbocycles. The van der Waals surface area contributed by atoms with Crippen LogP contribution in [-0.4, -0.2) is 17.8 Å². The molecule has 0 fully saturated rings. The third-order valence-corrected chi connectivity index (χ3v) is 3.53. The van der Waals surface area contributed by atoms with Crippen molar-refractivity contribution in [2.75, 3.05) is 11.9 Å². The molecule has 5 heteroatoms. The van der Waals surface area contributed by atoms with Crippen molar-refractivity contribution < 1.29 is 4.84 Å². The van der Waals surface area contributed by atoms with Crippen molar-refractivity contribution in [2.24, 2.45) is 5.16 Å². The number of rotatable bonds is 5. The monoisotopic (exact) mass is 275 g/mol. The van der Waals surface area contributed by atoms with Gasteiger partial charge in [-0.2, -0.15) is 0 Å². The molecule has 1 N–H and O–H groups in total. The number of benzene rings is 1. The largest absolute Gasteiger partial charge is 0.396 e. The van der Waals surface area contributed by atoms with E-state index < -0.39 is 0 Å². The Kier molecular flexibility index (Phi) is 4.52. The molecule has 2 rings (SSSR count). The third-order valence-electron chi connectivity index (χ3n) is 2.76. The average molecular weight is 275 g/mol. The molecule has 0 atom stereocenters. The topological polar surface area (TPSA) is 46.5 Å². The van der Waals surface area contributed by atoms with Crippen LogP contribution < -0.4 is 5.32 Å². The van der Waals surface area contributed by atoms with Crippen LogP contribution in [0, 0.1) is 13.8 Å². The highest BCUT2D eigenvalue weighted by Gasteiger charge is 2.04. The molecule has 0 radical (unpaired) electrons. The summed E-state index contributed by atoms with van der Waals surface area (Å²) < 4.78 is 0. The standard InChI is InChI=1S/C14H17N3OS/c1-4-18-15-8-12-9-19-14(16-12)17-13-7-5-6-10(2)11(13)3/h5-9H,4H2,1-3H3,(H,16,17). The summed E-state index contributed by atoms with van der Waals surface area (Å²) in [5.41, 5.74) is 4.39. The molecule has 4 nitrogen and oxygen atoms in total. The first-order valence-corrected chi connectivity index (χ1v) is 7.02. The Morgan fingerprint density at radius 1 is 1.42 bits per heavy atom. The van der Waals surface area contributed by atoms with Crippen molar-refractivity contribution in [1.82, 2.24) is 4.98 Å². The maximum absolute atomic E-state index is 4.91. The summed E-state index contributed by atoms with van der Waals surface area (Å²) in [5, 5.41) is 9.93. The molecular weight excluding hydrogens is 258 g/mol. The molecule has 0 saturated carbocycles. The number of nitrogens with one attached hydrogen (secondary N) is 1. The van der Waals surface area contributed by atoms with Gasteiger partial charge in [0.1, 0.15) is 6.61 Å². The first kappa shape index (κ1) is 13.5.